The van der Waals surface area contributed by atoms with E-state index in [-0.39, 0.29) is 17.2 Å². The van der Waals surface area contributed by atoms with Crippen molar-refractivity contribution in [2.24, 2.45) is 11.7 Å². The van der Waals surface area contributed by atoms with Crippen molar-refractivity contribution in [2.75, 3.05) is 6.54 Å². The van der Waals surface area contributed by atoms with Crippen LogP contribution in [0, 0.1) is 11.7 Å². The lowest BCUT2D eigenvalue weighted by molar-refractivity contribution is -0.124. The quantitative estimate of drug-likeness (QED) is 0.569. The predicted molar refractivity (Wildman–Crippen MR) is 99.9 cm³/mol. The van der Waals surface area contributed by atoms with E-state index in [1.165, 1.54) is 37.3 Å². The zero-order chi connectivity index (χ0) is 20.0. The van der Waals surface area contributed by atoms with E-state index in [9.17, 15) is 22.4 Å². The highest BCUT2D eigenvalue weighted by Gasteiger charge is 2.24. The minimum Gasteiger partial charge on any atom is -0.369 e. The lowest BCUT2D eigenvalue weighted by atomic mass is 9.98. The van der Waals surface area contributed by atoms with Gasteiger partial charge in [-0.25, -0.2) is 12.8 Å². The molecular weight excluding hydrogens is 393 g/mol. The molecular formula is C17H20FN3O4S2. The van der Waals surface area contributed by atoms with Crippen LogP contribution in [0.15, 0.2) is 46.0 Å². The molecule has 2 atom stereocenters. The van der Waals surface area contributed by atoms with Gasteiger partial charge in [0.25, 0.3) is 10.0 Å². The van der Waals surface area contributed by atoms with Crippen molar-refractivity contribution in [3.63, 3.8) is 0 Å². The zero-order valence-electron chi connectivity index (χ0n) is 14.5. The second kappa shape index (κ2) is 9.07. The number of hydrogen-bond acceptors (Lipinski definition) is 5. The van der Waals surface area contributed by atoms with Gasteiger partial charge in [-0.05, 0) is 42.5 Å². The summed E-state index contributed by atoms with van der Waals surface area (Å²) < 4.78 is 39.6. The summed E-state index contributed by atoms with van der Waals surface area (Å²) in [6.45, 7) is 1.34. The Morgan fingerprint density at radius 3 is 2.44 bits per heavy atom. The number of nitrogens with two attached hydrogens (primary N) is 1. The number of hydrogen-bond donors (Lipinski definition) is 3. The number of carbonyl (C=O) groups is 2. The van der Waals surface area contributed by atoms with Crippen LogP contribution in [-0.2, 0) is 26.0 Å². The Morgan fingerprint density at radius 2 is 1.89 bits per heavy atom. The molecule has 146 valence electrons. The van der Waals surface area contributed by atoms with Gasteiger partial charge < -0.3 is 11.1 Å². The van der Waals surface area contributed by atoms with E-state index < -0.39 is 39.6 Å². The van der Waals surface area contributed by atoms with Gasteiger partial charge in [0.1, 0.15) is 10.0 Å². The van der Waals surface area contributed by atoms with E-state index in [1.807, 2.05) is 0 Å². The summed E-state index contributed by atoms with van der Waals surface area (Å²) in [6, 6.07) is 7.60. The van der Waals surface area contributed by atoms with Gasteiger partial charge in [-0.2, -0.15) is 4.72 Å². The Morgan fingerprint density at radius 1 is 1.22 bits per heavy atom. The predicted octanol–water partition coefficient (Wildman–Crippen LogP) is 1.01. The average molecular weight is 413 g/mol. The summed E-state index contributed by atoms with van der Waals surface area (Å²) >= 11 is 1.04. The molecule has 0 bridgehead atoms. The number of amides is 2. The first-order valence-electron chi connectivity index (χ1n) is 8.06. The third-order valence-corrected chi connectivity index (χ3v) is 6.74. The first-order chi connectivity index (χ1) is 12.7. The number of benzene rings is 1. The van der Waals surface area contributed by atoms with Crippen molar-refractivity contribution < 1.29 is 22.4 Å². The largest absolute Gasteiger partial charge is 0.369 e. The van der Waals surface area contributed by atoms with E-state index in [0.29, 0.717) is 5.56 Å². The van der Waals surface area contributed by atoms with Crippen molar-refractivity contribution in [1.29, 1.82) is 0 Å². The SMILES string of the molecule is CC(NS(=O)(=O)c1cccs1)C(=O)NCC(Cc1ccc(F)cc1)C(N)=O. The highest BCUT2D eigenvalue weighted by molar-refractivity contribution is 7.91. The molecule has 1 heterocycles. The van der Waals surface area contributed by atoms with E-state index in [4.69, 9.17) is 5.73 Å². The fourth-order valence-electron chi connectivity index (χ4n) is 2.32. The normalized spacial score (nSPS) is 13.7. The molecule has 0 aliphatic carbocycles. The first-order valence-corrected chi connectivity index (χ1v) is 10.4. The van der Waals surface area contributed by atoms with Crippen LogP contribution in [0.25, 0.3) is 0 Å². The second-order valence-electron chi connectivity index (χ2n) is 5.95. The summed E-state index contributed by atoms with van der Waals surface area (Å²) in [6.07, 6.45) is 0.227. The number of halogens is 1. The Bertz CT molecular complexity index is 883. The van der Waals surface area contributed by atoms with E-state index >= 15 is 0 Å². The number of thiophene rings is 1. The highest BCUT2D eigenvalue weighted by Crippen LogP contribution is 2.15. The number of sulfonamides is 1. The van der Waals surface area contributed by atoms with Crippen molar-refractivity contribution in [2.45, 2.75) is 23.6 Å². The van der Waals surface area contributed by atoms with Gasteiger partial charge in [0.15, 0.2) is 0 Å². The number of nitrogens with one attached hydrogen (secondary N) is 2. The van der Waals surface area contributed by atoms with Crippen molar-refractivity contribution in [1.82, 2.24) is 10.0 Å². The molecule has 2 unspecified atom stereocenters. The Balaban J connectivity index is 1.93. The molecule has 0 spiro atoms. The van der Waals surface area contributed by atoms with Gasteiger partial charge in [0.2, 0.25) is 11.8 Å². The molecule has 2 amide bonds. The fraction of sp³-hybridized carbons (Fsp3) is 0.294. The van der Waals surface area contributed by atoms with E-state index in [0.717, 1.165) is 11.3 Å². The monoisotopic (exact) mass is 413 g/mol. The lowest BCUT2D eigenvalue weighted by Gasteiger charge is -2.17. The van der Waals surface area contributed by atoms with Gasteiger partial charge in [-0.3, -0.25) is 9.59 Å². The van der Waals surface area contributed by atoms with Crippen LogP contribution in [0.4, 0.5) is 4.39 Å². The molecule has 0 saturated carbocycles. The maximum absolute atomic E-state index is 13.0. The van der Waals surface area contributed by atoms with Crippen molar-refractivity contribution >= 4 is 33.2 Å². The van der Waals surface area contributed by atoms with Crippen LogP contribution in [0.1, 0.15) is 12.5 Å². The van der Waals surface area contributed by atoms with E-state index in [1.54, 1.807) is 11.4 Å². The Labute approximate surface area is 160 Å². The molecule has 0 saturated heterocycles. The van der Waals surface area contributed by atoms with Gasteiger partial charge in [0.05, 0.1) is 12.0 Å². The molecule has 2 aromatic rings. The van der Waals surface area contributed by atoms with Crippen LogP contribution in [0.3, 0.4) is 0 Å². The lowest BCUT2D eigenvalue weighted by Crippen LogP contribution is -2.47. The van der Waals surface area contributed by atoms with Crippen LogP contribution in [0.2, 0.25) is 0 Å². The molecule has 7 nitrogen and oxygen atoms in total. The van der Waals surface area contributed by atoms with Crippen molar-refractivity contribution in [3.8, 4) is 0 Å². The van der Waals surface area contributed by atoms with E-state index in [2.05, 4.69) is 10.0 Å². The number of rotatable bonds is 9. The maximum atomic E-state index is 13.0. The summed E-state index contributed by atoms with van der Waals surface area (Å²) in [5.74, 6) is -2.30. The molecule has 0 aliphatic heterocycles. The summed E-state index contributed by atoms with van der Waals surface area (Å²) in [4.78, 5) is 23.8. The Kier molecular flexibility index (Phi) is 7.05. The molecule has 4 N–H and O–H groups in total. The summed E-state index contributed by atoms with van der Waals surface area (Å²) in [7, 11) is -3.79. The van der Waals surface area contributed by atoms with Crippen LogP contribution >= 0.6 is 11.3 Å². The van der Waals surface area contributed by atoms with Crippen LogP contribution in [0.5, 0.6) is 0 Å². The molecule has 10 heteroatoms. The molecule has 2 rings (SSSR count). The summed E-state index contributed by atoms with van der Waals surface area (Å²) in [5.41, 5.74) is 6.06. The van der Waals surface area contributed by atoms with Gasteiger partial charge in [-0.15, -0.1) is 11.3 Å². The molecule has 1 aromatic carbocycles. The van der Waals surface area contributed by atoms with Gasteiger partial charge in [-0.1, -0.05) is 18.2 Å². The topological polar surface area (TPSA) is 118 Å². The average Bonchev–Trinajstić information content (AvgIpc) is 3.15. The van der Waals surface area contributed by atoms with Crippen LogP contribution in [-0.4, -0.2) is 32.8 Å². The van der Waals surface area contributed by atoms with Gasteiger partial charge >= 0.3 is 0 Å². The zero-order valence-corrected chi connectivity index (χ0v) is 16.1. The van der Waals surface area contributed by atoms with Crippen molar-refractivity contribution in [3.05, 3.63) is 53.2 Å². The third kappa shape index (κ3) is 6.12. The maximum Gasteiger partial charge on any atom is 0.250 e. The molecule has 27 heavy (non-hydrogen) atoms. The third-order valence-electron chi connectivity index (χ3n) is 3.81. The number of primary amides is 1. The minimum absolute atomic E-state index is 0.0589. The molecule has 0 radical (unpaired) electrons. The standard InChI is InChI=1S/C17H20FN3O4S2/c1-11(21-27(24,25)15-3-2-8-26-15)17(23)20-10-13(16(19)22)9-12-4-6-14(18)7-5-12/h2-8,11,13,21H,9-10H2,1H3,(H2,19,22)(H,20,23). The second-order valence-corrected chi connectivity index (χ2v) is 8.84. The highest BCUT2D eigenvalue weighted by atomic mass is 32.2. The fourth-order valence-corrected chi connectivity index (χ4v) is 4.53. The smallest absolute Gasteiger partial charge is 0.250 e. The molecule has 0 aliphatic rings. The summed E-state index contributed by atoms with van der Waals surface area (Å²) in [5, 5.41) is 4.14. The molecule has 0 fully saturated rings. The Hall–Kier alpha value is -2.30. The number of carbonyl (C=O) groups excluding carboxylic acids is 2. The first kappa shape index (κ1) is 21.0. The van der Waals surface area contributed by atoms with Gasteiger partial charge in [0, 0.05) is 6.54 Å². The minimum atomic E-state index is -3.79. The van der Waals surface area contributed by atoms with Crippen LogP contribution < -0.4 is 15.8 Å². The molecule has 1 aromatic heterocycles.